The van der Waals surface area contributed by atoms with E-state index in [4.69, 9.17) is 0 Å². The van der Waals surface area contributed by atoms with Crippen LogP contribution in [-0.2, 0) is 0 Å². The van der Waals surface area contributed by atoms with Gasteiger partial charge in [-0.2, -0.15) is 0 Å². The van der Waals surface area contributed by atoms with E-state index in [9.17, 15) is 8.78 Å². The number of hydrogen-bond acceptors (Lipinski definition) is 1. The normalized spacial score (nSPS) is 10.8. The molecule has 0 aliphatic rings. The van der Waals surface area contributed by atoms with E-state index in [1.165, 1.54) is 19.1 Å². The van der Waals surface area contributed by atoms with Gasteiger partial charge in [-0.15, -0.1) is 0 Å². The van der Waals surface area contributed by atoms with Crippen LogP contribution >= 0.6 is 0 Å². The predicted octanol–water partition coefficient (Wildman–Crippen LogP) is 3.87. The number of anilines is 1. The van der Waals surface area contributed by atoms with Crippen LogP contribution in [0.2, 0.25) is 0 Å². The van der Waals surface area contributed by atoms with E-state index >= 15 is 0 Å². The summed E-state index contributed by atoms with van der Waals surface area (Å²) in [6.07, 6.45) is 1.88. The average Bonchev–Trinajstić information content (AvgIpc) is 2.22. The molecule has 84 valence electrons. The molecule has 1 aromatic carbocycles. The summed E-state index contributed by atoms with van der Waals surface area (Å²) in [4.78, 5) is 0. The van der Waals surface area contributed by atoms with Gasteiger partial charge in [0.25, 0.3) is 0 Å². The zero-order valence-corrected chi connectivity index (χ0v) is 9.40. The standard InChI is InChI=1S/C12H17F2N/c1-4-9(5-2)15-10-6-11(13)8(3)12(14)7-10/h6-7,9,15H,4-5H2,1-3H3. The topological polar surface area (TPSA) is 12.0 Å². The van der Waals surface area contributed by atoms with E-state index in [1.54, 1.807) is 0 Å². The first kappa shape index (κ1) is 12.0. The van der Waals surface area contributed by atoms with E-state index in [1.807, 2.05) is 13.8 Å². The Kier molecular flexibility index (Phi) is 4.06. The molecule has 1 aromatic rings. The minimum atomic E-state index is -0.497. The minimum Gasteiger partial charge on any atom is -0.382 e. The lowest BCUT2D eigenvalue weighted by atomic mass is 10.1. The Labute approximate surface area is 89.5 Å². The summed E-state index contributed by atoms with van der Waals surface area (Å²) >= 11 is 0. The second-order valence-corrected chi connectivity index (χ2v) is 3.72. The lowest BCUT2D eigenvalue weighted by Gasteiger charge is -2.16. The Morgan fingerprint density at radius 3 is 2.00 bits per heavy atom. The summed E-state index contributed by atoms with van der Waals surface area (Å²) in [5.74, 6) is -0.994. The quantitative estimate of drug-likeness (QED) is 0.800. The number of halogens is 2. The molecule has 0 radical (unpaired) electrons. The zero-order chi connectivity index (χ0) is 11.4. The molecule has 0 aromatic heterocycles. The summed E-state index contributed by atoms with van der Waals surface area (Å²) in [5.41, 5.74) is 0.592. The monoisotopic (exact) mass is 213 g/mol. The minimum absolute atomic E-state index is 0.0742. The van der Waals surface area contributed by atoms with Crippen molar-refractivity contribution in [2.75, 3.05) is 5.32 Å². The van der Waals surface area contributed by atoms with Gasteiger partial charge in [0.15, 0.2) is 0 Å². The van der Waals surface area contributed by atoms with Gasteiger partial charge in [0, 0.05) is 17.3 Å². The van der Waals surface area contributed by atoms with Crippen molar-refractivity contribution in [1.29, 1.82) is 0 Å². The first-order valence-corrected chi connectivity index (χ1v) is 5.30. The van der Waals surface area contributed by atoms with Crippen molar-refractivity contribution in [1.82, 2.24) is 0 Å². The number of nitrogens with one attached hydrogen (secondary N) is 1. The summed E-state index contributed by atoms with van der Waals surface area (Å²) in [5, 5.41) is 3.11. The van der Waals surface area contributed by atoms with Crippen LogP contribution in [0.3, 0.4) is 0 Å². The van der Waals surface area contributed by atoms with Crippen molar-refractivity contribution in [3.8, 4) is 0 Å². The number of benzene rings is 1. The molecule has 1 N–H and O–H groups in total. The third-order valence-electron chi connectivity index (χ3n) is 2.64. The second-order valence-electron chi connectivity index (χ2n) is 3.72. The maximum Gasteiger partial charge on any atom is 0.131 e. The lowest BCUT2D eigenvalue weighted by molar-refractivity contribution is 0.567. The van der Waals surface area contributed by atoms with E-state index in [0.717, 1.165) is 12.8 Å². The van der Waals surface area contributed by atoms with Gasteiger partial charge < -0.3 is 5.32 Å². The first-order chi connectivity index (χ1) is 7.08. The molecular formula is C12H17F2N. The summed E-state index contributed by atoms with van der Waals surface area (Å²) in [6, 6.07) is 2.96. The highest BCUT2D eigenvalue weighted by atomic mass is 19.1. The SMILES string of the molecule is CCC(CC)Nc1cc(F)c(C)c(F)c1. The molecule has 0 aliphatic carbocycles. The summed E-state index contributed by atoms with van der Waals surface area (Å²) in [6.45, 7) is 5.52. The second kappa shape index (κ2) is 5.10. The van der Waals surface area contributed by atoms with Crippen LogP contribution in [0.4, 0.5) is 14.5 Å². The number of rotatable bonds is 4. The van der Waals surface area contributed by atoms with Gasteiger partial charge in [-0.1, -0.05) is 13.8 Å². The molecule has 0 amide bonds. The molecule has 0 spiro atoms. The average molecular weight is 213 g/mol. The molecule has 0 unspecified atom stereocenters. The van der Waals surface area contributed by atoms with Crippen molar-refractivity contribution in [3.63, 3.8) is 0 Å². The van der Waals surface area contributed by atoms with Crippen LogP contribution in [0.1, 0.15) is 32.3 Å². The molecule has 1 rings (SSSR count). The Balaban J connectivity index is 2.87. The van der Waals surface area contributed by atoms with Gasteiger partial charge in [0.05, 0.1) is 0 Å². The van der Waals surface area contributed by atoms with Gasteiger partial charge in [0.1, 0.15) is 11.6 Å². The van der Waals surface area contributed by atoms with Crippen LogP contribution in [-0.4, -0.2) is 6.04 Å². The highest BCUT2D eigenvalue weighted by molar-refractivity contribution is 5.46. The molecular weight excluding hydrogens is 196 g/mol. The van der Waals surface area contributed by atoms with Crippen LogP contribution in [0.5, 0.6) is 0 Å². The molecule has 0 bridgehead atoms. The fraction of sp³-hybridized carbons (Fsp3) is 0.500. The van der Waals surface area contributed by atoms with E-state index in [0.29, 0.717) is 5.69 Å². The fourth-order valence-electron chi connectivity index (χ4n) is 1.46. The third kappa shape index (κ3) is 2.91. The highest BCUT2D eigenvalue weighted by Gasteiger charge is 2.09. The van der Waals surface area contributed by atoms with E-state index < -0.39 is 11.6 Å². The molecule has 0 fully saturated rings. The summed E-state index contributed by atoms with van der Waals surface area (Å²) < 4.78 is 26.4. The van der Waals surface area contributed by atoms with Gasteiger partial charge in [-0.25, -0.2) is 8.78 Å². The zero-order valence-electron chi connectivity index (χ0n) is 9.40. The van der Waals surface area contributed by atoms with Gasteiger partial charge in [-0.3, -0.25) is 0 Å². The first-order valence-electron chi connectivity index (χ1n) is 5.30. The molecule has 3 heteroatoms. The van der Waals surface area contributed by atoms with E-state index in [-0.39, 0.29) is 11.6 Å². The molecule has 0 aliphatic heterocycles. The van der Waals surface area contributed by atoms with E-state index in [2.05, 4.69) is 5.32 Å². The van der Waals surface area contributed by atoms with Crippen molar-refractivity contribution >= 4 is 5.69 Å². The Morgan fingerprint density at radius 2 is 1.60 bits per heavy atom. The van der Waals surface area contributed by atoms with Gasteiger partial charge in [0.2, 0.25) is 0 Å². The Hall–Kier alpha value is -1.12. The fourth-order valence-corrected chi connectivity index (χ4v) is 1.46. The van der Waals surface area contributed by atoms with Crippen molar-refractivity contribution < 1.29 is 8.78 Å². The van der Waals surface area contributed by atoms with Gasteiger partial charge in [-0.05, 0) is 31.9 Å². The smallest absolute Gasteiger partial charge is 0.131 e. The predicted molar refractivity (Wildman–Crippen MR) is 59.1 cm³/mol. The largest absolute Gasteiger partial charge is 0.382 e. The number of hydrogen-bond donors (Lipinski definition) is 1. The maximum absolute atomic E-state index is 13.2. The van der Waals surface area contributed by atoms with Crippen molar-refractivity contribution in [3.05, 3.63) is 29.3 Å². The Morgan fingerprint density at radius 1 is 1.13 bits per heavy atom. The Bertz CT molecular complexity index is 309. The highest BCUT2D eigenvalue weighted by Crippen LogP contribution is 2.19. The maximum atomic E-state index is 13.2. The van der Waals surface area contributed by atoms with Crippen LogP contribution in [0.15, 0.2) is 12.1 Å². The molecule has 0 atom stereocenters. The molecule has 0 heterocycles. The van der Waals surface area contributed by atoms with Crippen molar-refractivity contribution in [2.45, 2.75) is 39.7 Å². The lowest BCUT2D eigenvalue weighted by Crippen LogP contribution is -2.17. The van der Waals surface area contributed by atoms with Crippen LogP contribution in [0.25, 0.3) is 0 Å². The molecule has 0 saturated carbocycles. The third-order valence-corrected chi connectivity index (χ3v) is 2.64. The molecule has 0 saturated heterocycles. The molecule has 15 heavy (non-hydrogen) atoms. The van der Waals surface area contributed by atoms with Crippen LogP contribution in [0, 0.1) is 18.6 Å². The summed E-state index contributed by atoms with van der Waals surface area (Å²) in [7, 11) is 0. The van der Waals surface area contributed by atoms with Crippen molar-refractivity contribution in [2.24, 2.45) is 0 Å². The molecule has 1 nitrogen and oxygen atoms in total. The van der Waals surface area contributed by atoms with Crippen LogP contribution < -0.4 is 5.32 Å². The van der Waals surface area contributed by atoms with Gasteiger partial charge >= 0.3 is 0 Å².